The zero-order valence-corrected chi connectivity index (χ0v) is 11.1. The van der Waals surface area contributed by atoms with Gasteiger partial charge in [-0.3, -0.25) is 4.90 Å². The van der Waals surface area contributed by atoms with Crippen molar-refractivity contribution < 1.29 is 9.50 Å². The van der Waals surface area contributed by atoms with Crippen molar-refractivity contribution in [2.24, 2.45) is 5.92 Å². The molecule has 0 bridgehead atoms. The number of nitriles is 1. The average Bonchev–Trinajstić information content (AvgIpc) is 2.39. The lowest BCUT2D eigenvalue weighted by Crippen LogP contribution is -2.46. The van der Waals surface area contributed by atoms with Crippen molar-refractivity contribution >= 4 is 0 Å². The third-order valence-electron chi connectivity index (χ3n) is 3.98. The Labute approximate surface area is 113 Å². The van der Waals surface area contributed by atoms with E-state index in [4.69, 9.17) is 5.26 Å². The van der Waals surface area contributed by atoms with Crippen LogP contribution in [0.1, 0.15) is 30.9 Å². The van der Waals surface area contributed by atoms with Crippen molar-refractivity contribution in [3.63, 3.8) is 0 Å². The lowest BCUT2D eigenvalue weighted by molar-refractivity contribution is 0.0471. The number of halogens is 1. The second-order valence-corrected chi connectivity index (χ2v) is 5.25. The molecule has 1 aliphatic rings. The van der Waals surface area contributed by atoms with E-state index in [9.17, 15) is 9.50 Å². The molecular formula is C15H19FN2O. The normalized spacial score (nSPS) is 24.1. The minimum absolute atomic E-state index is 0.101. The molecule has 102 valence electrons. The monoisotopic (exact) mass is 262 g/mol. The van der Waals surface area contributed by atoms with E-state index in [1.807, 2.05) is 0 Å². The Morgan fingerprint density at radius 2 is 2.32 bits per heavy atom. The first kappa shape index (κ1) is 14.0. The summed E-state index contributed by atoms with van der Waals surface area (Å²) < 4.78 is 13.3. The van der Waals surface area contributed by atoms with Gasteiger partial charge in [-0.15, -0.1) is 0 Å². The van der Waals surface area contributed by atoms with Crippen LogP contribution >= 0.6 is 0 Å². The lowest BCUT2D eigenvalue weighted by Gasteiger charge is -2.39. The maximum Gasteiger partial charge on any atom is 0.123 e. The number of nitrogens with zero attached hydrogens (tertiary/aromatic N) is 2. The molecule has 0 spiro atoms. The minimum atomic E-state index is -0.320. The molecular weight excluding hydrogens is 243 g/mol. The van der Waals surface area contributed by atoms with Crippen molar-refractivity contribution in [2.45, 2.75) is 32.4 Å². The number of aliphatic hydroxyl groups is 1. The van der Waals surface area contributed by atoms with E-state index in [1.165, 1.54) is 18.2 Å². The zero-order chi connectivity index (χ0) is 13.8. The number of aliphatic hydroxyl groups excluding tert-OH is 1. The molecule has 1 N–H and O–H groups in total. The van der Waals surface area contributed by atoms with Gasteiger partial charge >= 0.3 is 0 Å². The molecule has 0 amide bonds. The number of piperidine rings is 1. The van der Waals surface area contributed by atoms with Gasteiger partial charge in [-0.1, -0.05) is 6.92 Å². The van der Waals surface area contributed by atoms with E-state index in [0.29, 0.717) is 23.6 Å². The van der Waals surface area contributed by atoms with E-state index in [-0.39, 0.29) is 18.5 Å². The van der Waals surface area contributed by atoms with Crippen molar-refractivity contribution in [3.8, 4) is 6.07 Å². The second kappa shape index (κ2) is 6.14. The van der Waals surface area contributed by atoms with Gasteiger partial charge < -0.3 is 5.11 Å². The highest BCUT2D eigenvalue weighted by Crippen LogP contribution is 2.25. The van der Waals surface area contributed by atoms with Crippen LogP contribution in [-0.2, 0) is 6.54 Å². The van der Waals surface area contributed by atoms with E-state index in [0.717, 1.165) is 19.4 Å². The first-order chi connectivity index (χ1) is 9.15. The van der Waals surface area contributed by atoms with E-state index in [2.05, 4.69) is 17.9 Å². The molecule has 1 fully saturated rings. The Kier molecular flexibility index (Phi) is 4.52. The van der Waals surface area contributed by atoms with Crippen LogP contribution < -0.4 is 0 Å². The summed E-state index contributed by atoms with van der Waals surface area (Å²) in [5.74, 6) is 0.109. The van der Waals surface area contributed by atoms with Crippen molar-refractivity contribution in [2.75, 3.05) is 13.2 Å². The van der Waals surface area contributed by atoms with Crippen LogP contribution in [0.2, 0.25) is 0 Å². The van der Waals surface area contributed by atoms with Gasteiger partial charge in [0.05, 0.1) is 18.2 Å². The van der Waals surface area contributed by atoms with E-state index in [1.54, 1.807) is 0 Å². The SMILES string of the molecule is C[C@@H]1CCCN(Cc2cc(F)ccc2C#N)[C@H]1CO. The van der Waals surface area contributed by atoms with E-state index >= 15 is 0 Å². The fourth-order valence-corrected chi connectivity index (χ4v) is 2.85. The Balaban J connectivity index is 2.20. The number of hydrogen-bond acceptors (Lipinski definition) is 3. The van der Waals surface area contributed by atoms with Gasteiger partial charge in [0.1, 0.15) is 5.82 Å². The summed E-state index contributed by atoms with van der Waals surface area (Å²) in [6.45, 7) is 3.65. The van der Waals surface area contributed by atoms with Crippen LogP contribution in [0.5, 0.6) is 0 Å². The summed E-state index contributed by atoms with van der Waals surface area (Å²) >= 11 is 0. The first-order valence-electron chi connectivity index (χ1n) is 6.69. The molecule has 1 saturated heterocycles. The zero-order valence-electron chi connectivity index (χ0n) is 11.1. The maximum absolute atomic E-state index is 13.3. The highest BCUT2D eigenvalue weighted by Gasteiger charge is 2.28. The van der Waals surface area contributed by atoms with Crippen molar-refractivity contribution in [3.05, 3.63) is 35.1 Å². The third kappa shape index (κ3) is 3.12. The van der Waals surface area contributed by atoms with Crippen LogP contribution in [0.15, 0.2) is 18.2 Å². The lowest BCUT2D eigenvalue weighted by atomic mass is 9.90. The molecule has 3 nitrogen and oxygen atoms in total. The van der Waals surface area contributed by atoms with Crippen molar-refractivity contribution in [1.82, 2.24) is 4.90 Å². The Bertz CT molecular complexity index is 484. The molecule has 1 aromatic carbocycles. The highest BCUT2D eigenvalue weighted by atomic mass is 19.1. The molecule has 1 aliphatic heterocycles. The first-order valence-corrected chi connectivity index (χ1v) is 6.69. The van der Waals surface area contributed by atoms with Crippen LogP contribution in [0, 0.1) is 23.1 Å². The molecule has 2 atom stereocenters. The molecule has 1 aromatic rings. The number of rotatable bonds is 3. The van der Waals surface area contributed by atoms with Gasteiger partial charge in [-0.25, -0.2) is 4.39 Å². The Morgan fingerprint density at radius 3 is 3.00 bits per heavy atom. The maximum atomic E-state index is 13.3. The molecule has 0 radical (unpaired) electrons. The van der Waals surface area contributed by atoms with Crippen LogP contribution in [0.3, 0.4) is 0 Å². The summed E-state index contributed by atoms with van der Waals surface area (Å²) in [7, 11) is 0. The molecule has 19 heavy (non-hydrogen) atoms. The fourth-order valence-electron chi connectivity index (χ4n) is 2.85. The summed E-state index contributed by atoms with van der Waals surface area (Å²) in [6, 6.07) is 6.45. The predicted octanol–water partition coefficient (Wildman–Crippen LogP) is 2.29. The number of likely N-dealkylation sites (tertiary alicyclic amines) is 1. The molecule has 4 heteroatoms. The Morgan fingerprint density at radius 1 is 1.53 bits per heavy atom. The summed E-state index contributed by atoms with van der Waals surface area (Å²) in [5, 5.41) is 18.6. The summed E-state index contributed by atoms with van der Waals surface area (Å²) in [6.07, 6.45) is 2.19. The quantitative estimate of drug-likeness (QED) is 0.909. The average molecular weight is 262 g/mol. The number of hydrogen-bond donors (Lipinski definition) is 1. The number of benzene rings is 1. The van der Waals surface area contributed by atoms with Crippen LogP contribution in [-0.4, -0.2) is 29.2 Å². The molecule has 1 heterocycles. The largest absolute Gasteiger partial charge is 0.395 e. The minimum Gasteiger partial charge on any atom is -0.395 e. The van der Waals surface area contributed by atoms with Crippen molar-refractivity contribution in [1.29, 1.82) is 5.26 Å². The standard InChI is InChI=1S/C15H19FN2O/c1-11-3-2-6-18(15(11)10-19)9-13-7-14(16)5-4-12(13)8-17/h4-5,7,11,15,19H,2-3,6,9-10H2,1H3/t11-,15+/m1/s1. The summed E-state index contributed by atoms with van der Waals surface area (Å²) in [5.41, 5.74) is 1.21. The second-order valence-electron chi connectivity index (χ2n) is 5.25. The molecule has 0 aliphatic carbocycles. The fraction of sp³-hybridized carbons (Fsp3) is 0.533. The molecule has 0 unspecified atom stereocenters. The summed E-state index contributed by atoms with van der Waals surface area (Å²) in [4.78, 5) is 2.16. The van der Waals surface area contributed by atoms with Crippen LogP contribution in [0.4, 0.5) is 4.39 Å². The van der Waals surface area contributed by atoms with Gasteiger partial charge in [-0.05, 0) is 49.1 Å². The smallest absolute Gasteiger partial charge is 0.123 e. The predicted molar refractivity (Wildman–Crippen MR) is 70.8 cm³/mol. The van der Waals surface area contributed by atoms with Gasteiger partial charge in [0, 0.05) is 12.6 Å². The van der Waals surface area contributed by atoms with Gasteiger partial charge in [0.2, 0.25) is 0 Å². The molecule has 0 aromatic heterocycles. The van der Waals surface area contributed by atoms with E-state index < -0.39 is 0 Å². The molecule has 2 rings (SSSR count). The highest BCUT2D eigenvalue weighted by molar-refractivity contribution is 5.37. The van der Waals surface area contributed by atoms with Crippen LogP contribution in [0.25, 0.3) is 0 Å². The third-order valence-corrected chi connectivity index (χ3v) is 3.98. The molecule has 0 saturated carbocycles. The topological polar surface area (TPSA) is 47.3 Å². The van der Waals surface area contributed by atoms with Gasteiger partial charge in [0.25, 0.3) is 0 Å². The van der Waals surface area contributed by atoms with Gasteiger partial charge in [0.15, 0.2) is 0 Å². The Hall–Kier alpha value is -1.44. The van der Waals surface area contributed by atoms with Gasteiger partial charge in [-0.2, -0.15) is 5.26 Å².